The number of rotatable bonds is 4. The standard InChI is InChI=1S/C21H28F3N3O2/c1-15(16-5-7-17(8-6-16)21(22,23)24)14-19(28)27-9-3-4-18(27)20(29)26-12-10-25(2)11-13-26/h5-8,15,18H,3-4,9-14H2,1-2H3. The van der Waals surface area contributed by atoms with Crippen LogP contribution in [0.3, 0.4) is 0 Å². The highest BCUT2D eigenvalue weighted by Crippen LogP contribution is 2.31. The summed E-state index contributed by atoms with van der Waals surface area (Å²) < 4.78 is 38.2. The molecule has 2 aliphatic heterocycles. The zero-order chi connectivity index (χ0) is 21.2. The molecule has 0 aliphatic carbocycles. The zero-order valence-corrected chi connectivity index (χ0v) is 16.9. The van der Waals surface area contributed by atoms with Gasteiger partial charge in [-0.3, -0.25) is 9.59 Å². The topological polar surface area (TPSA) is 43.9 Å². The lowest BCUT2D eigenvalue weighted by molar-refractivity contribution is -0.145. The summed E-state index contributed by atoms with van der Waals surface area (Å²) in [6, 6.07) is 4.54. The fourth-order valence-electron chi connectivity index (χ4n) is 4.06. The van der Waals surface area contributed by atoms with Gasteiger partial charge in [0.1, 0.15) is 6.04 Å². The van der Waals surface area contributed by atoms with E-state index in [1.54, 1.807) is 4.90 Å². The lowest BCUT2D eigenvalue weighted by atomic mass is 9.96. The van der Waals surface area contributed by atoms with E-state index < -0.39 is 17.8 Å². The van der Waals surface area contributed by atoms with Crippen LogP contribution in [-0.2, 0) is 15.8 Å². The van der Waals surface area contributed by atoms with E-state index in [4.69, 9.17) is 0 Å². The molecule has 160 valence electrons. The van der Waals surface area contributed by atoms with E-state index in [9.17, 15) is 22.8 Å². The Balaban J connectivity index is 1.61. The van der Waals surface area contributed by atoms with E-state index >= 15 is 0 Å². The van der Waals surface area contributed by atoms with E-state index in [2.05, 4.69) is 4.90 Å². The largest absolute Gasteiger partial charge is 0.416 e. The van der Waals surface area contributed by atoms with Crippen molar-refractivity contribution in [3.05, 3.63) is 35.4 Å². The van der Waals surface area contributed by atoms with Crippen LogP contribution < -0.4 is 0 Å². The number of alkyl halides is 3. The Kier molecular flexibility index (Phi) is 6.51. The van der Waals surface area contributed by atoms with Crippen LogP contribution in [0, 0.1) is 0 Å². The molecule has 2 atom stereocenters. The normalized spacial score (nSPS) is 22.0. The first-order valence-corrected chi connectivity index (χ1v) is 10.1. The molecular weight excluding hydrogens is 383 g/mol. The van der Waals surface area contributed by atoms with Crippen LogP contribution >= 0.6 is 0 Å². The van der Waals surface area contributed by atoms with Crippen molar-refractivity contribution in [3.8, 4) is 0 Å². The number of hydrogen-bond acceptors (Lipinski definition) is 3. The van der Waals surface area contributed by atoms with Gasteiger partial charge < -0.3 is 14.7 Å². The smallest absolute Gasteiger partial charge is 0.338 e. The number of carbonyl (C=O) groups excluding carboxylic acids is 2. The minimum atomic E-state index is -4.37. The molecule has 1 aromatic rings. The third-order valence-corrected chi connectivity index (χ3v) is 5.96. The predicted octanol–water partition coefficient (Wildman–Crippen LogP) is 2.96. The molecule has 0 spiro atoms. The Hall–Kier alpha value is -2.09. The number of likely N-dealkylation sites (N-methyl/N-ethyl adjacent to an activating group) is 1. The van der Waals surface area contributed by atoms with Crippen LogP contribution in [0.1, 0.15) is 43.2 Å². The maximum atomic E-state index is 12.9. The fourth-order valence-corrected chi connectivity index (χ4v) is 4.06. The number of piperazine rings is 1. The van der Waals surface area contributed by atoms with Crippen LogP contribution in [0.15, 0.2) is 24.3 Å². The Bertz CT molecular complexity index is 728. The number of hydrogen-bond donors (Lipinski definition) is 0. The van der Waals surface area contributed by atoms with Crippen LogP contribution in [0.2, 0.25) is 0 Å². The second-order valence-corrected chi connectivity index (χ2v) is 8.10. The molecular formula is C21H28F3N3O2. The molecule has 3 rings (SSSR count). The van der Waals surface area contributed by atoms with Crippen molar-refractivity contribution in [1.82, 2.24) is 14.7 Å². The van der Waals surface area contributed by atoms with Gasteiger partial charge in [0.05, 0.1) is 5.56 Å². The molecule has 0 saturated carbocycles. The van der Waals surface area contributed by atoms with E-state index in [1.165, 1.54) is 12.1 Å². The van der Waals surface area contributed by atoms with Crippen molar-refractivity contribution >= 4 is 11.8 Å². The van der Waals surface area contributed by atoms with Crippen LogP contribution in [0.4, 0.5) is 13.2 Å². The molecule has 2 unspecified atom stereocenters. The third-order valence-electron chi connectivity index (χ3n) is 5.96. The van der Waals surface area contributed by atoms with Crippen molar-refractivity contribution in [2.75, 3.05) is 39.8 Å². The number of carbonyl (C=O) groups is 2. The summed E-state index contributed by atoms with van der Waals surface area (Å²) in [5, 5.41) is 0. The van der Waals surface area contributed by atoms with Crippen LogP contribution in [0.25, 0.3) is 0 Å². The van der Waals surface area contributed by atoms with Gasteiger partial charge >= 0.3 is 6.18 Å². The number of nitrogens with zero attached hydrogens (tertiary/aromatic N) is 3. The molecule has 2 amide bonds. The molecule has 0 N–H and O–H groups in total. The Labute approximate surface area is 169 Å². The second kappa shape index (κ2) is 8.73. The summed E-state index contributed by atoms with van der Waals surface area (Å²) in [7, 11) is 2.02. The Morgan fingerprint density at radius 3 is 2.28 bits per heavy atom. The molecule has 2 heterocycles. The molecule has 2 aliphatic rings. The lowest BCUT2D eigenvalue weighted by Gasteiger charge is -2.36. The first-order valence-electron chi connectivity index (χ1n) is 10.1. The van der Waals surface area contributed by atoms with E-state index in [-0.39, 0.29) is 24.2 Å². The molecule has 5 nitrogen and oxygen atoms in total. The highest BCUT2D eigenvalue weighted by Gasteiger charge is 2.37. The third kappa shape index (κ3) is 5.10. The van der Waals surface area contributed by atoms with Gasteiger partial charge in [-0.15, -0.1) is 0 Å². The van der Waals surface area contributed by atoms with Crippen LogP contribution in [-0.4, -0.2) is 72.3 Å². The highest BCUT2D eigenvalue weighted by molar-refractivity contribution is 5.88. The van der Waals surface area contributed by atoms with E-state index in [0.717, 1.165) is 31.6 Å². The van der Waals surface area contributed by atoms with Crippen molar-refractivity contribution < 1.29 is 22.8 Å². The molecule has 1 aromatic carbocycles. The van der Waals surface area contributed by atoms with Gasteiger partial charge in [-0.25, -0.2) is 0 Å². The molecule has 8 heteroatoms. The number of halogens is 3. The van der Waals surface area contributed by atoms with E-state index in [1.807, 2.05) is 18.9 Å². The maximum Gasteiger partial charge on any atom is 0.416 e. The van der Waals surface area contributed by atoms with Crippen LogP contribution in [0.5, 0.6) is 0 Å². The summed E-state index contributed by atoms with van der Waals surface area (Å²) >= 11 is 0. The summed E-state index contributed by atoms with van der Waals surface area (Å²) in [6.45, 7) is 5.40. The monoisotopic (exact) mass is 411 g/mol. The van der Waals surface area contributed by atoms with Gasteiger partial charge in [-0.1, -0.05) is 19.1 Å². The first-order chi connectivity index (χ1) is 13.7. The zero-order valence-electron chi connectivity index (χ0n) is 16.9. The molecule has 0 bridgehead atoms. The minimum Gasteiger partial charge on any atom is -0.338 e. The Morgan fingerprint density at radius 1 is 1.07 bits per heavy atom. The van der Waals surface area contributed by atoms with Gasteiger partial charge in [0.15, 0.2) is 0 Å². The molecule has 29 heavy (non-hydrogen) atoms. The highest BCUT2D eigenvalue weighted by atomic mass is 19.4. The van der Waals surface area contributed by atoms with E-state index in [0.29, 0.717) is 31.6 Å². The minimum absolute atomic E-state index is 0.0196. The quantitative estimate of drug-likeness (QED) is 0.765. The van der Waals surface area contributed by atoms with Gasteiger partial charge in [0.2, 0.25) is 11.8 Å². The second-order valence-electron chi connectivity index (χ2n) is 8.10. The maximum absolute atomic E-state index is 12.9. The average Bonchev–Trinajstić information content (AvgIpc) is 3.17. The summed E-state index contributed by atoms with van der Waals surface area (Å²) in [6.07, 6.45) is -2.72. The molecule has 2 fully saturated rings. The molecule has 2 saturated heterocycles. The fraction of sp³-hybridized carbons (Fsp3) is 0.619. The van der Waals surface area contributed by atoms with Crippen molar-refractivity contribution in [1.29, 1.82) is 0 Å². The van der Waals surface area contributed by atoms with Crippen molar-refractivity contribution in [2.24, 2.45) is 0 Å². The molecule has 0 radical (unpaired) electrons. The van der Waals surface area contributed by atoms with Gasteiger partial charge in [-0.05, 0) is 43.5 Å². The summed E-state index contributed by atoms with van der Waals surface area (Å²) in [5.41, 5.74) is -0.00959. The van der Waals surface area contributed by atoms with Crippen molar-refractivity contribution in [3.63, 3.8) is 0 Å². The Morgan fingerprint density at radius 2 is 1.69 bits per heavy atom. The molecule has 0 aromatic heterocycles. The predicted molar refractivity (Wildman–Crippen MR) is 103 cm³/mol. The first kappa shape index (κ1) is 21.6. The van der Waals surface area contributed by atoms with Gasteiger partial charge in [0.25, 0.3) is 0 Å². The van der Waals surface area contributed by atoms with Gasteiger partial charge in [-0.2, -0.15) is 13.2 Å². The average molecular weight is 411 g/mol. The van der Waals surface area contributed by atoms with Crippen molar-refractivity contribution in [2.45, 2.75) is 44.3 Å². The number of amides is 2. The number of likely N-dealkylation sites (tertiary alicyclic amines) is 1. The summed E-state index contributed by atoms with van der Waals surface area (Å²) in [4.78, 5) is 31.5. The van der Waals surface area contributed by atoms with Gasteiger partial charge in [0, 0.05) is 39.1 Å². The number of benzene rings is 1. The summed E-state index contributed by atoms with van der Waals surface area (Å²) in [5.74, 6) is -0.307. The lowest BCUT2D eigenvalue weighted by Crippen LogP contribution is -2.53. The SMILES string of the molecule is CC(CC(=O)N1CCCC1C(=O)N1CCN(C)CC1)c1ccc(C(F)(F)F)cc1.